The van der Waals surface area contributed by atoms with E-state index in [2.05, 4.69) is 12.2 Å². The number of nitrogens with one attached hydrogen (secondary N) is 1. The Morgan fingerprint density at radius 3 is 2.57 bits per heavy atom. The second kappa shape index (κ2) is 4.57. The van der Waals surface area contributed by atoms with E-state index in [-0.39, 0.29) is 0 Å². The molecule has 0 amide bonds. The molecule has 7 N–H and O–H groups in total. The van der Waals surface area contributed by atoms with Gasteiger partial charge in [0.2, 0.25) is 0 Å². The van der Waals surface area contributed by atoms with Crippen LogP contribution in [0.15, 0.2) is 0 Å². The Labute approximate surface area is 86.6 Å². The van der Waals surface area contributed by atoms with E-state index in [1.165, 1.54) is 6.42 Å². The molecule has 84 valence electrons. The lowest BCUT2D eigenvalue weighted by molar-refractivity contribution is 0.191. The molecular weight excluding hydrogens is 176 g/mol. The Balaban J connectivity index is 2.49. The van der Waals surface area contributed by atoms with Crippen molar-refractivity contribution < 1.29 is 0 Å². The monoisotopic (exact) mass is 200 g/mol. The molecule has 1 fully saturated rings. The van der Waals surface area contributed by atoms with Crippen molar-refractivity contribution in [3.63, 3.8) is 0 Å². The molecule has 1 aliphatic rings. The summed E-state index contributed by atoms with van der Waals surface area (Å²) in [5.74, 6) is -0.122. The number of hydrogen-bond donors (Lipinski definition) is 4. The van der Waals surface area contributed by atoms with Crippen LogP contribution >= 0.6 is 0 Å². The number of rotatable bonds is 3. The molecule has 3 unspecified atom stereocenters. The summed E-state index contributed by atoms with van der Waals surface area (Å²) >= 11 is 0. The quantitative estimate of drug-likeness (QED) is 0.485. The minimum atomic E-state index is -0.740. The largest absolute Gasteiger partial charge is 0.328 e. The number of nitrogens with two attached hydrogens (primary N) is 3. The average Bonchev–Trinajstić information content (AvgIpc) is 2.11. The molecule has 0 radical (unpaired) electrons. The highest BCUT2D eigenvalue weighted by Gasteiger charge is 2.30. The van der Waals surface area contributed by atoms with Crippen LogP contribution in [0.25, 0.3) is 0 Å². The molecule has 1 rings (SSSR count). The van der Waals surface area contributed by atoms with Gasteiger partial charge in [-0.2, -0.15) is 0 Å². The predicted molar refractivity (Wildman–Crippen MR) is 59.3 cm³/mol. The van der Waals surface area contributed by atoms with Crippen LogP contribution in [0.1, 0.15) is 39.5 Å². The predicted octanol–water partition coefficient (Wildman–Crippen LogP) is 0.0731. The van der Waals surface area contributed by atoms with Gasteiger partial charge in [0.05, 0.1) is 0 Å². The zero-order valence-electron chi connectivity index (χ0n) is 9.29. The third-order valence-corrected chi connectivity index (χ3v) is 3.28. The van der Waals surface area contributed by atoms with Crippen LogP contribution in [0.5, 0.6) is 0 Å². The highest BCUT2D eigenvalue weighted by Crippen LogP contribution is 2.24. The molecule has 3 atom stereocenters. The Bertz CT molecular complexity index is 181. The van der Waals surface area contributed by atoms with E-state index in [9.17, 15) is 0 Å². The van der Waals surface area contributed by atoms with Gasteiger partial charge in [-0.25, -0.2) is 0 Å². The van der Waals surface area contributed by atoms with Crippen LogP contribution in [-0.4, -0.2) is 17.9 Å². The SMILES string of the molecule is CCC(N)(N)NC1CC(N)CCC1C. The summed E-state index contributed by atoms with van der Waals surface area (Å²) in [5, 5.41) is 3.30. The zero-order valence-corrected chi connectivity index (χ0v) is 9.29. The van der Waals surface area contributed by atoms with Crippen molar-refractivity contribution in [3.8, 4) is 0 Å². The van der Waals surface area contributed by atoms with Crippen molar-refractivity contribution in [3.05, 3.63) is 0 Å². The second-order valence-electron chi connectivity index (χ2n) is 4.70. The topological polar surface area (TPSA) is 90.1 Å². The fourth-order valence-corrected chi connectivity index (χ4v) is 2.00. The van der Waals surface area contributed by atoms with Gasteiger partial charge in [-0.1, -0.05) is 13.8 Å². The summed E-state index contributed by atoms with van der Waals surface area (Å²) in [6.45, 7) is 4.22. The lowest BCUT2D eigenvalue weighted by atomic mass is 9.83. The summed E-state index contributed by atoms with van der Waals surface area (Å²) in [4.78, 5) is 0. The molecule has 0 spiro atoms. The van der Waals surface area contributed by atoms with Crippen LogP contribution in [0.2, 0.25) is 0 Å². The van der Waals surface area contributed by atoms with Crippen LogP contribution in [0, 0.1) is 5.92 Å². The van der Waals surface area contributed by atoms with Crippen LogP contribution in [-0.2, 0) is 0 Å². The van der Waals surface area contributed by atoms with Crippen LogP contribution in [0.3, 0.4) is 0 Å². The minimum absolute atomic E-state index is 0.302. The molecule has 1 saturated carbocycles. The van der Waals surface area contributed by atoms with Crippen molar-refractivity contribution in [2.75, 3.05) is 0 Å². The summed E-state index contributed by atoms with van der Waals surface area (Å²) in [7, 11) is 0. The van der Waals surface area contributed by atoms with Gasteiger partial charge < -0.3 is 17.2 Å². The summed E-state index contributed by atoms with van der Waals surface area (Å²) in [6, 6.07) is 0.671. The van der Waals surface area contributed by atoms with Gasteiger partial charge in [-0.05, 0) is 31.6 Å². The van der Waals surface area contributed by atoms with E-state index in [4.69, 9.17) is 17.2 Å². The smallest absolute Gasteiger partial charge is 0.118 e. The molecule has 0 aliphatic heterocycles. The van der Waals surface area contributed by atoms with Gasteiger partial charge in [0, 0.05) is 12.1 Å². The maximum atomic E-state index is 5.93. The third kappa shape index (κ3) is 3.20. The first-order valence-corrected chi connectivity index (χ1v) is 5.55. The van der Waals surface area contributed by atoms with Crippen LogP contribution < -0.4 is 22.5 Å². The van der Waals surface area contributed by atoms with Crippen molar-refractivity contribution >= 4 is 0 Å². The summed E-state index contributed by atoms with van der Waals surface area (Å²) in [6.07, 6.45) is 4.00. The van der Waals surface area contributed by atoms with Crippen molar-refractivity contribution in [2.45, 2.75) is 57.4 Å². The Morgan fingerprint density at radius 2 is 2.00 bits per heavy atom. The fourth-order valence-electron chi connectivity index (χ4n) is 2.00. The van der Waals surface area contributed by atoms with E-state index in [1.807, 2.05) is 6.92 Å². The second-order valence-corrected chi connectivity index (χ2v) is 4.70. The van der Waals surface area contributed by atoms with Gasteiger partial charge in [-0.3, -0.25) is 5.32 Å². The highest BCUT2D eigenvalue weighted by molar-refractivity contribution is 4.88. The lowest BCUT2D eigenvalue weighted by Crippen LogP contribution is -2.65. The standard InChI is InChI=1S/C10H24N4/c1-3-10(12,13)14-9-6-8(11)5-4-7(9)2/h7-9,14H,3-6,11-13H2,1-2H3. The first-order chi connectivity index (χ1) is 6.44. The molecule has 14 heavy (non-hydrogen) atoms. The Morgan fingerprint density at radius 1 is 1.36 bits per heavy atom. The Hall–Kier alpha value is -0.160. The third-order valence-electron chi connectivity index (χ3n) is 3.28. The summed E-state index contributed by atoms with van der Waals surface area (Å²) in [5.41, 5.74) is 17.7. The average molecular weight is 200 g/mol. The first kappa shape index (κ1) is 11.9. The highest BCUT2D eigenvalue weighted by atomic mass is 15.2. The molecule has 0 aromatic rings. The van der Waals surface area contributed by atoms with Crippen molar-refractivity contribution in [2.24, 2.45) is 23.1 Å². The molecule has 4 nitrogen and oxygen atoms in total. The van der Waals surface area contributed by atoms with E-state index < -0.39 is 5.79 Å². The van der Waals surface area contributed by atoms with Gasteiger partial charge in [0.15, 0.2) is 0 Å². The van der Waals surface area contributed by atoms with Gasteiger partial charge in [-0.15, -0.1) is 0 Å². The number of hydrogen-bond acceptors (Lipinski definition) is 4. The summed E-state index contributed by atoms with van der Waals surface area (Å²) < 4.78 is 0. The van der Waals surface area contributed by atoms with Crippen LogP contribution in [0.4, 0.5) is 0 Å². The van der Waals surface area contributed by atoms with E-state index in [1.54, 1.807) is 0 Å². The van der Waals surface area contributed by atoms with E-state index in [0.717, 1.165) is 19.3 Å². The van der Waals surface area contributed by atoms with Crippen molar-refractivity contribution in [1.29, 1.82) is 0 Å². The minimum Gasteiger partial charge on any atom is -0.328 e. The fraction of sp³-hybridized carbons (Fsp3) is 1.00. The molecule has 0 bridgehead atoms. The Kier molecular flexibility index (Phi) is 3.89. The zero-order chi connectivity index (χ0) is 10.8. The molecular formula is C10H24N4. The van der Waals surface area contributed by atoms with Gasteiger partial charge >= 0.3 is 0 Å². The normalized spacial score (nSPS) is 34.5. The van der Waals surface area contributed by atoms with E-state index in [0.29, 0.717) is 18.0 Å². The maximum absolute atomic E-state index is 5.93. The molecule has 4 heteroatoms. The van der Waals surface area contributed by atoms with Crippen molar-refractivity contribution in [1.82, 2.24) is 5.32 Å². The lowest BCUT2D eigenvalue weighted by Gasteiger charge is -2.38. The van der Waals surface area contributed by atoms with Gasteiger partial charge in [0.25, 0.3) is 0 Å². The maximum Gasteiger partial charge on any atom is 0.118 e. The first-order valence-electron chi connectivity index (χ1n) is 5.55. The van der Waals surface area contributed by atoms with Gasteiger partial charge in [0.1, 0.15) is 5.79 Å². The molecule has 0 aromatic heterocycles. The molecule has 1 aliphatic carbocycles. The molecule has 0 saturated heterocycles. The molecule has 0 heterocycles. The van der Waals surface area contributed by atoms with E-state index >= 15 is 0 Å². The molecule has 0 aromatic carbocycles.